The van der Waals surface area contributed by atoms with Gasteiger partial charge in [-0.2, -0.15) is 0 Å². The molecule has 504 valence electrons. The van der Waals surface area contributed by atoms with Gasteiger partial charge in [-0.15, -0.1) is 0 Å². The molecule has 18 rings (SSSR count). The van der Waals surface area contributed by atoms with Crippen LogP contribution in [0.5, 0.6) is 0 Å². The third kappa shape index (κ3) is 12.6. The number of rotatable bonds is 0. The Morgan fingerprint density at radius 2 is 0.530 bits per heavy atom. The molecule has 0 atom stereocenters. The number of hydrogen-bond donors (Lipinski definition) is 0. The fourth-order valence-electron chi connectivity index (χ4n) is 17.2. The summed E-state index contributed by atoms with van der Waals surface area (Å²) in [6.45, 7) is 48.9. The highest BCUT2D eigenvalue weighted by atomic mass is 14.3. The summed E-state index contributed by atoms with van der Waals surface area (Å²) < 4.78 is 0. The summed E-state index contributed by atoms with van der Waals surface area (Å²) in [6, 6.07) is 59.1. The van der Waals surface area contributed by atoms with Crippen molar-refractivity contribution >= 4 is 0 Å². The molecular weight excluding hydrogens is 1200 g/mol. The van der Waals surface area contributed by atoms with Gasteiger partial charge in [0.15, 0.2) is 0 Å². The van der Waals surface area contributed by atoms with Crippen molar-refractivity contribution in [1.82, 2.24) is 0 Å². The van der Waals surface area contributed by atoms with Crippen LogP contribution in [0.4, 0.5) is 0 Å². The highest BCUT2D eigenvalue weighted by molar-refractivity contribution is 5.86. The van der Waals surface area contributed by atoms with Gasteiger partial charge in [0.05, 0.1) is 0 Å². The first-order valence-electron chi connectivity index (χ1n) is 36.8. The van der Waals surface area contributed by atoms with E-state index < -0.39 is 0 Å². The van der Waals surface area contributed by atoms with Crippen LogP contribution in [0, 0.1) is 152 Å². The summed E-state index contributed by atoms with van der Waals surface area (Å²) in [7, 11) is 0. The molecule has 12 aromatic rings. The largest absolute Gasteiger partial charge is 0.0619 e. The Morgan fingerprint density at radius 3 is 1.15 bits per heavy atom. The van der Waals surface area contributed by atoms with Gasteiger partial charge in [0.2, 0.25) is 0 Å². The normalized spacial score (nSPS) is 12.5. The van der Waals surface area contributed by atoms with Crippen LogP contribution < -0.4 is 0 Å². The highest BCUT2D eigenvalue weighted by Gasteiger charge is 2.28. The lowest BCUT2D eigenvalue weighted by Gasteiger charge is -2.16. The van der Waals surface area contributed by atoms with Crippen molar-refractivity contribution in [3.63, 3.8) is 0 Å². The topological polar surface area (TPSA) is 0 Å². The summed E-state index contributed by atoms with van der Waals surface area (Å²) in [6.07, 6.45) is 6.65. The van der Waals surface area contributed by atoms with Crippen molar-refractivity contribution in [1.29, 1.82) is 0 Å². The van der Waals surface area contributed by atoms with Crippen LogP contribution in [0.1, 0.15) is 189 Å². The number of fused-ring (bicyclic) bond motifs is 18. The quantitative estimate of drug-likeness (QED) is 0.142. The molecule has 0 saturated carbocycles. The average Bonchev–Trinajstić information content (AvgIpc) is 1.56. The molecule has 0 heterocycles. The van der Waals surface area contributed by atoms with Gasteiger partial charge in [0.1, 0.15) is 0 Å². The van der Waals surface area contributed by atoms with Crippen LogP contribution in [-0.2, 0) is 38.5 Å². The van der Waals surface area contributed by atoms with Crippen molar-refractivity contribution < 1.29 is 0 Å². The molecule has 0 heteroatoms. The predicted molar refractivity (Wildman–Crippen MR) is 432 cm³/mol. The number of aryl methyl sites for hydroxylation is 12. The molecule has 0 unspecified atom stereocenters. The SMILES string of the molecule is Cc1c(C)c(C)c2c(c1C)Cc1ccccc1-2.Cc1cc2c(c(C)c1C)Cc1cccc(C)c1-2.Cc1cc2c(cc1C)-c1cccc(C)c1C2.Cc1ccc2c(c1)-c1cc(C)c(C)c(C)c1C2.Cc1ccc2c(c1)Cc1c-2cc(C)c(C)c1C.Cc1ccc2c(c1)Cc1cc(C)c(C)cc1-2. The van der Waals surface area contributed by atoms with E-state index in [1.165, 1.54) is 250 Å². The lowest BCUT2D eigenvalue weighted by molar-refractivity contribution is 1.15. The van der Waals surface area contributed by atoms with E-state index in [2.05, 4.69) is 310 Å². The van der Waals surface area contributed by atoms with E-state index in [4.69, 9.17) is 0 Å². The van der Waals surface area contributed by atoms with Crippen LogP contribution in [0.2, 0.25) is 0 Å². The van der Waals surface area contributed by atoms with Crippen LogP contribution in [0.15, 0.2) is 158 Å². The van der Waals surface area contributed by atoms with Gasteiger partial charge in [-0.1, -0.05) is 174 Å². The summed E-state index contributed by atoms with van der Waals surface area (Å²) in [5, 5.41) is 0. The van der Waals surface area contributed by atoms with Crippen LogP contribution in [-0.4, -0.2) is 0 Å². The molecule has 0 nitrogen and oxygen atoms in total. The minimum absolute atomic E-state index is 1.10. The maximum atomic E-state index is 2.37. The van der Waals surface area contributed by atoms with Gasteiger partial charge in [-0.05, 0) is 430 Å². The minimum atomic E-state index is 1.10. The zero-order valence-electron chi connectivity index (χ0n) is 64.3. The third-order valence-corrected chi connectivity index (χ3v) is 24.6. The molecule has 0 amide bonds. The van der Waals surface area contributed by atoms with Gasteiger partial charge < -0.3 is 0 Å². The molecule has 0 bridgehead atoms. The lowest BCUT2D eigenvalue weighted by Crippen LogP contribution is -1.98. The second-order valence-corrected chi connectivity index (χ2v) is 30.9. The Balaban J connectivity index is 0.000000108. The van der Waals surface area contributed by atoms with E-state index in [1.807, 2.05) is 0 Å². The van der Waals surface area contributed by atoms with Crippen molar-refractivity contribution in [3.8, 4) is 66.8 Å². The van der Waals surface area contributed by atoms with E-state index in [-0.39, 0.29) is 0 Å². The number of hydrogen-bond acceptors (Lipinski definition) is 0. The summed E-state index contributed by atoms with van der Waals surface area (Å²) in [5.74, 6) is 0. The van der Waals surface area contributed by atoms with Crippen LogP contribution in [0.25, 0.3) is 66.8 Å². The summed E-state index contributed by atoms with van der Waals surface area (Å²) >= 11 is 0. The van der Waals surface area contributed by atoms with E-state index in [0.29, 0.717) is 0 Å². The van der Waals surface area contributed by atoms with Crippen LogP contribution in [0.3, 0.4) is 0 Å². The molecule has 0 aliphatic heterocycles. The summed E-state index contributed by atoms with van der Waals surface area (Å²) in [5.41, 5.74) is 67.0. The van der Waals surface area contributed by atoms with E-state index in [9.17, 15) is 0 Å². The van der Waals surface area contributed by atoms with Gasteiger partial charge in [-0.3, -0.25) is 0 Å². The predicted octanol–water partition coefficient (Wildman–Crippen LogP) is 26.3. The molecule has 0 fully saturated rings. The first-order valence-corrected chi connectivity index (χ1v) is 36.8. The first-order chi connectivity index (χ1) is 47.7. The van der Waals surface area contributed by atoms with Gasteiger partial charge in [0.25, 0.3) is 0 Å². The maximum absolute atomic E-state index is 2.37. The Bertz CT molecular complexity index is 5350. The van der Waals surface area contributed by atoms with E-state index >= 15 is 0 Å². The molecular formula is C100H104. The maximum Gasteiger partial charge on any atom is -0.00106 e. The van der Waals surface area contributed by atoms with E-state index in [1.54, 1.807) is 5.56 Å². The monoisotopic (exact) mass is 1300 g/mol. The van der Waals surface area contributed by atoms with Crippen molar-refractivity contribution in [2.75, 3.05) is 0 Å². The van der Waals surface area contributed by atoms with Crippen LogP contribution >= 0.6 is 0 Å². The molecule has 0 spiro atoms. The second-order valence-electron chi connectivity index (χ2n) is 30.9. The molecule has 12 aromatic carbocycles. The summed E-state index contributed by atoms with van der Waals surface area (Å²) in [4.78, 5) is 0. The molecule has 6 aliphatic carbocycles. The smallest absolute Gasteiger partial charge is 0.00106 e. The van der Waals surface area contributed by atoms with Gasteiger partial charge in [-0.25, -0.2) is 0 Å². The lowest BCUT2D eigenvalue weighted by atomic mass is 9.89. The fourth-order valence-corrected chi connectivity index (χ4v) is 17.2. The molecule has 0 N–H and O–H groups in total. The highest BCUT2D eigenvalue weighted by Crippen LogP contribution is 2.47. The second kappa shape index (κ2) is 27.3. The minimum Gasteiger partial charge on any atom is -0.0619 e. The molecule has 6 aliphatic rings. The Labute approximate surface area is 600 Å². The molecule has 0 radical (unpaired) electrons. The zero-order chi connectivity index (χ0) is 71.2. The third-order valence-electron chi connectivity index (χ3n) is 24.6. The van der Waals surface area contributed by atoms with E-state index in [0.717, 1.165) is 38.5 Å². The average molecular weight is 1310 g/mol. The zero-order valence-corrected chi connectivity index (χ0v) is 64.3. The molecule has 100 heavy (non-hydrogen) atoms. The standard InChI is InChI=1S/4C17H18.2C16H16/c1-10-5-6-15-14(7-10)9-16-13(4)12(3)11(2)8-17(15)16;1-10-5-6-14-9-15-13(4)12(3)11(2)8-17(15)16(14)7-10;1-10-6-5-7-14-9-15-13(4)12(3)11(2)8-16(15)17(10)14;1-10-11(2)13(4)17-15-8-6-5-7-14(15)9-16(17)12(10)3;1-10-4-5-15-13(6-10)9-14-7-11(2)12(3)8-16(14)15;1-10-5-4-6-14-15(10)9-13-7-11(2)12(3)8-16(13)14/h4*5-8H,9H2,1-4H3;2*4-8H,9H2,1-3H3. The molecule has 0 saturated heterocycles. The molecule has 0 aromatic heterocycles. The Kier molecular flexibility index (Phi) is 18.9. The Morgan fingerprint density at radius 1 is 0.160 bits per heavy atom. The van der Waals surface area contributed by atoms with Crippen molar-refractivity contribution in [2.45, 2.75) is 191 Å². The van der Waals surface area contributed by atoms with Crippen molar-refractivity contribution in [3.05, 3.63) is 347 Å². The van der Waals surface area contributed by atoms with Crippen molar-refractivity contribution in [2.24, 2.45) is 0 Å². The first kappa shape index (κ1) is 69.1. The fraction of sp³-hybridized carbons (Fsp3) is 0.280. The van der Waals surface area contributed by atoms with Gasteiger partial charge >= 0.3 is 0 Å². The van der Waals surface area contributed by atoms with Gasteiger partial charge in [0, 0.05) is 0 Å². The Hall–Kier alpha value is -9.36. The number of benzene rings is 12.